The molecule has 1 amide bonds. The smallest absolute Gasteiger partial charge is 0.257 e. The number of H-pyrrole nitrogens is 1. The highest BCUT2D eigenvalue weighted by Gasteiger charge is 2.14. The maximum absolute atomic E-state index is 12.8. The first-order valence-electron chi connectivity index (χ1n) is 8.10. The molecule has 0 atom stereocenters. The molecule has 0 unspecified atom stereocenters. The second-order valence-electron chi connectivity index (χ2n) is 5.75. The normalized spacial score (nSPS) is 10.6. The van der Waals surface area contributed by atoms with E-state index in [0.29, 0.717) is 17.1 Å². The zero-order chi connectivity index (χ0) is 17.9. The zero-order valence-electron chi connectivity index (χ0n) is 13.8. The fraction of sp³-hybridized carbons (Fsp3) is 0.0476. The number of anilines is 1. The maximum atomic E-state index is 12.8. The predicted octanol–water partition coefficient (Wildman–Crippen LogP) is 3.98. The van der Waals surface area contributed by atoms with Gasteiger partial charge < -0.3 is 10.1 Å². The fourth-order valence-corrected chi connectivity index (χ4v) is 2.91. The molecule has 4 rings (SSSR count). The molecule has 0 aliphatic heterocycles. The Labute approximate surface area is 150 Å². The highest BCUT2D eigenvalue weighted by Crippen LogP contribution is 2.26. The third-order valence-electron chi connectivity index (χ3n) is 4.12. The number of amides is 1. The van der Waals surface area contributed by atoms with E-state index in [1.807, 2.05) is 42.5 Å². The van der Waals surface area contributed by atoms with Crippen molar-refractivity contribution in [2.75, 3.05) is 11.9 Å². The van der Waals surface area contributed by atoms with E-state index < -0.39 is 0 Å². The largest absolute Gasteiger partial charge is 0.481 e. The molecule has 0 aliphatic rings. The van der Waals surface area contributed by atoms with E-state index in [9.17, 15) is 4.79 Å². The van der Waals surface area contributed by atoms with Crippen LogP contribution in [-0.4, -0.2) is 22.7 Å². The lowest BCUT2D eigenvalue weighted by molar-refractivity contribution is 0.102. The lowest BCUT2D eigenvalue weighted by Crippen LogP contribution is -2.12. The first-order chi connectivity index (χ1) is 12.8. The minimum atomic E-state index is -0.206. The minimum absolute atomic E-state index is 0.199. The van der Waals surface area contributed by atoms with Crippen molar-refractivity contribution < 1.29 is 9.53 Å². The van der Waals surface area contributed by atoms with E-state index in [1.165, 1.54) is 0 Å². The Morgan fingerprint density at radius 2 is 1.96 bits per heavy atom. The Balaban J connectivity index is 1.64. The van der Waals surface area contributed by atoms with Gasteiger partial charge in [0.15, 0.2) is 5.82 Å². The van der Waals surface area contributed by atoms with Gasteiger partial charge in [-0.3, -0.25) is 9.89 Å². The predicted molar refractivity (Wildman–Crippen MR) is 102 cm³/mol. The molecule has 0 aliphatic carbocycles. The molecule has 0 radical (unpaired) electrons. The van der Waals surface area contributed by atoms with Crippen molar-refractivity contribution in [3.8, 4) is 18.1 Å². The quantitative estimate of drug-likeness (QED) is 0.552. The zero-order valence-corrected chi connectivity index (χ0v) is 13.8. The summed E-state index contributed by atoms with van der Waals surface area (Å²) in [6, 6.07) is 18.9. The van der Waals surface area contributed by atoms with Crippen LogP contribution < -0.4 is 10.1 Å². The lowest BCUT2D eigenvalue weighted by Gasteiger charge is -2.07. The Morgan fingerprint density at radius 1 is 1.12 bits per heavy atom. The molecule has 126 valence electrons. The Bertz CT molecular complexity index is 1150. The molecule has 1 heterocycles. The fourth-order valence-electron chi connectivity index (χ4n) is 2.91. The number of ether oxygens (including phenoxy) is 1. The highest BCUT2D eigenvalue weighted by atomic mass is 16.5. The van der Waals surface area contributed by atoms with Crippen molar-refractivity contribution in [2.45, 2.75) is 0 Å². The number of rotatable bonds is 4. The van der Waals surface area contributed by atoms with E-state index in [-0.39, 0.29) is 12.5 Å². The van der Waals surface area contributed by atoms with Crippen LogP contribution in [0.5, 0.6) is 5.75 Å². The van der Waals surface area contributed by atoms with E-state index in [2.05, 4.69) is 21.4 Å². The van der Waals surface area contributed by atoms with Gasteiger partial charge in [0.1, 0.15) is 12.4 Å². The summed E-state index contributed by atoms with van der Waals surface area (Å²) in [5.74, 6) is 3.34. The summed E-state index contributed by atoms with van der Waals surface area (Å²) in [5, 5.41) is 12.7. The van der Waals surface area contributed by atoms with Crippen LogP contribution >= 0.6 is 0 Å². The van der Waals surface area contributed by atoms with Gasteiger partial charge in [0, 0.05) is 17.0 Å². The van der Waals surface area contributed by atoms with E-state index in [0.717, 1.165) is 21.7 Å². The van der Waals surface area contributed by atoms with Gasteiger partial charge in [-0.2, -0.15) is 5.10 Å². The molecule has 0 saturated heterocycles. The Hall–Kier alpha value is -3.78. The van der Waals surface area contributed by atoms with Crippen LogP contribution in [0.3, 0.4) is 0 Å². The summed E-state index contributed by atoms with van der Waals surface area (Å²) in [6.07, 6.45) is 5.20. The Morgan fingerprint density at radius 3 is 2.85 bits per heavy atom. The summed E-state index contributed by atoms with van der Waals surface area (Å²) >= 11 is 0. The molecule has 2 N–H and O–H groups in total. The van der Waals surface area contributed by atoms with Gasteiger partial charge in [0.25, 0.3) is 5.91 Å². The molecule has 0 bridgehead atoms. The van der Waals surface area contributed by atoms with Crippen LogP contribution in [0.15, 0.2) is 60.7 Å². The van der Waals surface area contributed by atoms with Crippen LogP contribution in [0, 0.1) is 12.3 Å². The molecule has 26 heavy (non-hydrogen) atoms. The number of hydrogen-bond acceptors (Lipinski definition) is 3. The van der Waals surface area contributed by atoms with E-state index >= 15 is 0 Å². The van der Waals surface area contributed by atoms with Crippen molar-refractivity contribution in [3.05, 3.63) is 66.2 Å². The molecular weight excluding hydrogens is 326 g/mol. The molecular formula is C21H15N3O2. The average Bonchev–Trinajstić information content (AvgIpc) is 3.08. The third-order valence-corrected chi connectivity index (χ3v) is 4.12. The number of nitrogens with one attached hydrogen (secondary N) is 2. The Kier molecular flexibility index (Phi) is 4.00. The number of aromatic nitrogens is 2. The second kappa shape index (κ2) is 6.61. The minimum Gasteiger partial charge on any atom is -0.481 e. The van der Waals surface area contributed by atoms with Gasteiger partial charge in [0.05, 0.1) is 5.52 Å². The van der Waals surface area contributed by atoms with Gasteiger partial charge in [-0.05, 0) is 29.0 Å². The molecule has 0 spiro atoms. The highest BCUT2D eigenvalue weighted by molar-refractivity contribution is 6.14. The van der Waals surface area contributed by atoms with E-state index in [4.69, 9.17) is 11.2 Å². The lowest BCUT2D eigenvalue weighted by atomic mass is 10.0. The average molecular weight is 341 g/mol. The molecule has 0 fully saturated rings. The summed E-state index contributed by atoms with van der Waals surface area (Å²) in [7, 11) is 0. The standard InChI is InChI=1S/C21H15N3O2/c1-2-12-26-15-10-11-18-19(13-15)23-24-20(18)22-21(25)17-9-5-7-14-6-3-4-8-16(14)17/h1,3-11,13H,12H2,(H2,22,23,24,25). The number of terminal acetylenes is 1. The number of benzene rings is 3. The number of hydrogen-bond donors (Lipinski definition) is 2. The first kappa shape index (κ1) is 15.7. The summed E-state index contributed by atoms with van der Waals surface area (Å²) in [4.78, 5) is 12.8. The van der Waals surface area contributed by atoms with Gasteiger partial charge in [-0.15, -0.1) is 6.42 Å². The molecule has 5 nitrogen and oxygen atoms in total. The van der Waals surface area contributed by atoms with Crippen LogP contribution in [0.1, 0.15) is 10.4 Å². The number of carbonyl (C=O) groups is 1. The van der Waals surface area contributed by atoms with Crippen LogP contribution in [-0.2, 0) is 0 Å². The van der Waals surface area contributed by atoms with Crippen molar-refractivity contribution in [3.63, 3.8) is 0 Å². The number of fused-ring (bicyclic) bond motifs is 2. The van der Waals surface area contributed by atoms with Crippen LogP contribution in [0.25, 0.3) is 21.7 Å². The second-order valence-corrected chi connectivity index (χ2v) is 5.75. The molecule has 5 heteroatoms. The molecule has 0 saturated carbocycles. The SMILES string of the molecule is C#CCOc1ccc2c(NC(=O)c3cccc4ccccc34)n[nH]c2c1. The van der Waals surface area contributed by atoms with Gasteiger partial charge >= 0.3 is 0 Å². The van der Waals surface area contributed by atoms with Gasteiger partial charge in [-0.1, -0.05) is 42.3 Å². The summed E-state index contributed by atoms with van der Waals surface area (Å²) < 4.78 is 5.40. The van der Waals surface area contributed by atoms with E-state index in [1.54, 1.807) is 18.2 Å². The van der Waals surface area contributed by atoms with Crippen molar-refractivity contribution in [1.82, 2.24) is 10.2 Å². The maximum Gasteiger partial charge on any atom is 0.257 e. The van der Waals surface area contributed by atoms with Gasteiger partial charge in [-0.25, -0.2) is 0 Å². The van der Waals surface area contributed by atoms with Crippen LogP contribution in [0.4, 0.5) is 5.82 Å². The summed E-state index contributed by atoms with van der Waals surface area (Å²) in [6.45, 7) is 0.199. The summed E-state index contributed by atoms with van der Waals surface area (Å²) in [5.41, 5.74) is 1.36. The number of carbonyl (C=O) groups excluding carboxylic acids is 1. The first-order valence-corrected chi connectivity index (χ1v) is 8.10. The van der Waals surface area contributed by atoms with Crippen molar-refractivity contribution in [1.29, 1.82) is 0 Å². The topological polar surface area (TPSA) is 67.0 Å². The van der Waals surface area contributed by atoms with Gasteiger partial charge in [0.2, 0.25) is 0 Å². The van der Waals surface area contributed by atoms with Crippen molar-refractivity contribution >= 4 is 33.4 Å². The number of aromatic amines is 1. The molecule has 3 aromatic carbocycles. The van der Waals surface area contributed by atoms with Crippen LogP contribution in [0.2, 0.25) is 0 Å². The van der Waals surface area contributed by atoms with Crippen molar-refractivity contribution in [2.24, 2.45) is 0 Å². The molecule has 1 aromatic heterocycles. The molecule has 4 aromatic rings. The monoisotopic (exact) mass is 341 g/mol. The third kappa shape index (κ3) is 2.85. The number of nitrogens with zero attached hydrogens (tertiary/aromatic N) is 1.